The highest BCUT2D eigenvalue weighted by molar-refractivity contribution is 5.64. The van der Waals surface area contributed by atoms with Crippen LogP contribution in [0.1, 0.15) is 22.3 Å². The van der Waals surface area contributed by atoms with E-state index in [0.29, 0.717) is 18.3 Å². The minimum atomic E-state index is 0.509. The maximum atomic E-state index is 4.50. The lowest BCUT2D eigenvalue weighted by Gasteiger charge is -2.12. The average Bonchev–Trinajstić information content (AvgIpc) is 2.58. The molecule has 0 bridgehead atoms. The lowest BCUT2D eigenvalue weighted by molar-refractivity contribution is 0.946. The van der Waals surface area contributed by atoms with Crippen LogP contribution < -0.4 is 10.6 Å². The van der Waals surface area contributed by atoms with Crippen LogP contribution in [0, 0.1) is 20.8 Å². The first-order valence-corrected chi connectivity index (χ1v) is 7.95. The van der Waals surface area contributed by atoms with Crippen LogP contribution in [0.15, 0.2) is 48.7 Å². The van der Waals surface area contributed by atoms with Crippen molar-refractivity contribution in [3.63, 3.8) is 0 Å². The fourth-order valence-electron chi connectivity index (χ4n) is 2.56. The molecule has 5 heteroatoms. The Hall–Kier alpha value is -2.95. The van der Waals surface area contributed by atoms with Gasteiger partial charge in [-0.25, -0.2) is 0 Å². The number of nitrogens with zero attached hydrogens (tertiary/aromatic N) is 3. The molecule has 3 rings (SSSR count). The summed E-state index contributed by atoms with van der Waals surface area (Å²) in [5.41, 5.74) is 5.85. The van der Waals surface area contributed by atoms with Crippen molar-refractivity contribution in [2.24, 2.45) is 0 Å². The number of anilines is 3. The minimum absolute atomic E-state index is 0.509. The number of hydrogen-bond donors (Lipinski definition) is 2. The van der Waals surface area contributed by atoms with Gasteiger partial charge in [0.05, 0.1) is 6.20 Å². The Balaban J connectivity index is 1.74. The third kappa shape index (κ3) is 3.68. The van der Waals surface area contributed by atoms with E-state index in [1.165, 1.54) is 22.3 Å². The van der Waals surface area contributed by atoms with Gasteiger partial charge in [-0.2, -0.15) is 10.1 Å². The molecule has 3 aromatic rings. The third-order valence-corrected chi connectivity index (χ3v) is 3.99. The summed E-state index contributed by atoms with van der Waals surface area (Å²) >= 11 is 0. The SMILES string of the molecule is Cc1ccccc1CNc1nncc(Nc2c(C)cccc2C)n1. The normalized spacial score (nSPS) is 10.5. The lowest BCUT2D eigenvalue weighted by Crippen LogP contribution is -2.07. The number of para-hydroxylation sites is 1. The third-order valence-electron chi connectivity index (χ3n) is 3.99. The van der Waals surface area contributed by atoms with Gasteiger partial charge in [0.2, 0.25) is 5.95 Å². The number of benzene rings is 2. The predicted molar refractivity (Wildman–Crippen MR) is 97.5 cm³/mol. The van der Waals surface area contributed by atoms with Gasteiger partial charge in [0.25, 0.3) is 0 Å². The zero-order valence-electron chi connectivity index (χ0n) is 14.2. The quantitative estimate of drug-likeness (QED) is 0.739. The molecule has 0 aliphatic carbocycles. The largest absolute Gasteiger partial charge is 0.349 e. The molecule has 0 spiro atoms. The van der Waals surface area contributed by atoms with Crippen LogP contribution in [0.25, 0.3) is 0 Å². The molecule has 0 saturated carbocycles. The maximum Gasteiger partial charge on any atom is 0.244 e. The summed E-state index contributed by atoms with van der Waals surface area (Å²) in [6, 6.07) is 14.4. The zero-order valence-corrected chi connectivity index (χ0v) is 14.2. The standard InChI is InChI=1S/C19H21N5/c1-13-7-4-5-10-16(13)11-20-19-23-17(12-21-24-19)22-18-14(2)8-6-9-15(18)3/h4-10,12H,11H2,1-3H3,(H2,20,22,23,24). The minimum Gasteiger partial charge on any atom is -0.349 e. The van der Waals surface area contributed by atoms with Crippen molar-refractivity contribution in [3.8, 4) is 0 Å². The Morgan fingerprint density at radius 3 is 2.33 bits per heavy atom. The van der Waals surface area contributed by atoms with E-state index in [-0.39, 0.29) is 0 Å². The summed E-state index contributed by atoms with van der Waals surface area (Å²) in [7, 11) is 0. The molecule has 1 aromatic heterocycles. The molecule has 24 heavy (non-hydrogen) atoms. The summed E-state index contributed by atoms with van der Waals surface area (Å²) in [5.74, 6) is 1.18. The van der Waals surface area contributed by atoms with Crippen molar-refractivity contribution in [1.82, 2.24) is 15.2 Å². The second-order valence-corrected chi connectivity index (χ2v) is 5.84. The molecule has 0 amide bonds. The Kier molecular flexibility index (Phi) is 4.70. The summed E-state index contributed by atoms with van der Waals surface area (Å²) in [5, 5.41) is 14.7. The fraction of sp³-hybridized carbons (Fsp3) is 0.211. The van der Waals surface area contributed by atoms with Gasteiger partial charge < -0.3 is 10.6 Å². The van der Waals surface area contributed by atoms with Crippen molar-refractivity contribution in [2.75, 3.05) is 10.6 Å². The molecule has 2 N–H and O–H groups in total. The van der Waals surface area contributed by atoms with Crippen molar-refractivity contribution in [3.05, 3.63) is 70.9 Å². The van der Waals surface area contributed by atoms with E-state index in [2.05, 4.69) is 70.9 Å². The fourth-order valence-corrected chi connectivity index (χ4v) is 2.56. The first-order chi connectivity index (χ1) is 11.6. The Bertz CT molecular complexity index is 824. The van der Waals surface area contributed by atoms with Gasteiger partial charge in [-0.15, -0.1) is 5.10 Å². The van der Waals surface area contributed by atoms with E-state index in [1.807, 2.05) is 18.2 Å². The van der Waals surface area contributed by atoms with Crippen LogP contribution in [0.5, 0.6) is 0 Å². The van der Waals surface area contributed by atoms with Crippen molar-refractivity contribution in [1.29, 1.82) is 0 Å². The summed E-state index contributed by atoms with van der Waals surface area (Å²) in [6.07, 6.45) is 1.63. The highest BCUT2D eigenvalue weighted by Gasteiger charge is 2.06. The van der Waals surface area contributed by atoms with Crippen LogP contribution >= 0.6 is 0 Å². The summed E-state index contributed by atoms with van der Waals surface area (Å²) in [6.45, 7) is 6.90. The van der Waals surface area contributed by atoms with Gasteiger partial charge in [-0.3, -0.25) is 0 Å². The van der Waals surface area contributed by atoms with Crippen LogP contribution in [0.3, 0.4) is 0 Å². The van der Waals surface area contributed by atoms with Crippen molar-refractivity contribution in [2.45, 2.75) is 27.3 Å². The first kappa shape index (κ1) is 15.9. The van der Waals surface area contributed by atoms with Gasteiger partial charge in [-0.05, 0) is 43.0 Å². The number of aromatic nitrogens is 3. The Morgan fingerprint density at radius 1 is 0.875 bits per heavy atom. The number of rotatable bonds is 5. The number of aryl methyl sites for hydroxylation is 3. The molecular formula is C19H21N5. The molecule has 0 aliphatic rings. The summed E-state index contributed by atoms with van der Waals surface area (Å²) in [4.78, 5) is 4.50. The molecule has 0 fully saturated rings. The van der Waals surface area contributed by atoms with Crippen molar-refractivity contribution < 1.29 is 0 Å². The van der Waals surface area contributed by atoms with Crippen LogP contribution in [-0.2, 0) is 6.54 Å². The maximum absolute atomic E-state index is 4.50. The van der Waals surface area contributed by atoms with Crippen LogP contribution in [0.2, 0.25) is 0 Å². The van der Waals surface area contributed by atoms with Crippen LogP contribution in [0.4, 0.5) is 17.5 Å². The van der Waals surface area contributed by atoms with Gasteiger partial charge in [0.15, 0.2) is 5.82 Å². The molecule has 122 valence electrons. The van der Waals surface area contributed by atoms with E-state index >= 15 is 0 Å². The monoisotopic (exact) mass is 319 g/mol. The molecule has 0 aliphatic heterocycles. The molecule has 0 atom stereocenters. The van der Waals surface area contributed by atoms with E-state index < -0.39 is 0 Å². The smallest absolute Gasteiger partial charge is 0.244 e. The van der Waals surface area contributed by atoms with E-state index in [9.17, 15) is 0 Å². The van der Waals surface area contributed by atoms with Gasteiger partial charge >= 0.3 is 0 Å². The first-order valence-electron chi connectivity index (χ1n) is 7.95. The topological polar surface area (TPSA) is 62.7 Å². The molecule has 0 unspecified atom stereocenters. The Morgan fingerprint density at radius 2 is 1.58 bits per heavy atom. The van der Waals surface area contributed by atoms with Gasteiger partial charge in [0, 0.05) is 12.2 Å². The predicted octanol–water partition coefficient (Wildman–Crippen LogP) is 4.15. The Labute approximate surface area is 142 Å². The molecule has 0 saturated heterocycles. The average molecular weight is 319 g/mol. The summed E-state index contributed by atoms with van der Waals surface area (Å²) < 4.78 is 0. The molecule has 2 aromatic carbocycles. The second kappa shape index (κ2) is 7.08. The van der Waals surface area contributed by atoms with Gasteiger partial charge in [0.1, 0.15) is 0 Å². The molecule has 5 nitrogen and oxygen atoms in total. The van der Waals surface area contributed by atoms with E-state index in [1.54, 1.807) is 6.20 Å². The molecule has 1 heterocycles. The van der Waals surface area contributed by atoms with Crippen LogP contribution in [-0.4, -0.2) is 15.2 Å². The zero-order chi connectivity index (χ0) is 16.9. The second-order valence-electron chi connectivity index (χ2n) is 5.84. The molecular weight excluding hydrogens is 298 g/mol. The van der Waals surface area contributed by atoms with Crippen molar-refractivity contribution >= 4 is 17.5 Å². The number of hydrogen-bond acceptors (Lipinski definition) is 5. The molecule has 0 radical (unpaired) electrons. The van der Waals surface area contributed by atoms with E-state index in [0.717, 1.165) is 5.69 Å². The van der Waals surface area contributed by atoms with E-state index in [4.69, 9.17) is 0 Å². The highest BCUT2D eigenvalue weighted by Crippen LogP contribution is 2.23. The highest BCUT2D eigenvalue weighted by atomic mass is 15.3. The lowest BCUT2D eigenvalue weighted by atomic mass is 10.1. The number of nitrogens with one attached hydrogen (secondary N) is 2. The van der Waals surface area contributed by atoms with Gasteiger partial charge in [-0.1, -0.05) is 42.5 Å².